The first-order chi connectivity index (χ1) is 8.65. The van der Waals surface area contributed by atoms with Crippen molar-refractivity contribution in [2.75, 3.05) is 5.73 Å². The Bertz CT molecular complexity index is 714. The van der Waals surface area contributed by atoms with Gasteiger partial charge in [-0.1, -0.05) is 6.07 Å². The third kappa shape index (κ3) is 1.59. The van der Waals surface area contributed by atoms with Gasteiger partial charge >= 0.3 is 0 Å². The maximum Gasteiger partial charge on any atom is 0.176 e. The van der Waals surface area contributed by atoms with E-state index in [1.54, 1.807) is 12.1 Å². The summed E-state index contributed by atoms with van der Waals surface area (Å²) in [6, 6.07) is 13.1. The van der Waals surface area contributed by atoms with Gasteiger partial charge in [0, 0.05) is 11.3 Å². The molecule has 0 bridgehead atoms. The van der Waals surface area contributed by atoms with Crippen molar-refractivity contribution in [1.82, 2.24) is 9.71 Å². The number of hydrogen-bond acceptors (Lipinski definition) is 3. The van der Waals surface area contributed by atoms with Gasteiger partial charge in [0.25, 0.3) is 0 Å². The summed E-state index contributed by atoms with van der Waals surface area (Å²) < 4.78 is 1.12. The molecule has 2 aromatic carbocycles. The van der Waals surface area contributed by atoms with Gasteiger partial charge in [0.05, 0.1) is 5.52 Å². The Morgan fingerprint density at radius 1 is 1.11 bits per heavy atom. The molecule has 0 atom stereocenters. The Balaban J connectivity index is 2.23. The van der Waals surface area contributed by atoms with Crippen LogP contribution < -0.4 is 5.73 Å². The molecule has 3 N–H and O–H groups in total. The van der Waals surface area contributed by atoms with E-state index in [9.17, 15) is 5.21 Å². The number of hydrogen-bond donors (Lipinski definition) is 2. The maximum atomic E-state index is 10.2. The number of aromatic nitrogens is 2. The molecule has 90 valence electrons. The number of imidazole rings is 1. The Hall–Kier alpha value is -2.49. The smallest absolute Gasteiger partial charge is 0.176 e. The van der Waals surface area contributed by atoms with Crippen molar-refractivity contribution in [3.8, 4) is 11.4 Å². The molecule has 0 aliphatic rings. The van der Waals surface area contributed by atoms with Crippen molar-refractivity contribution < 1.29 is 5.21 Å². The minimum atomic E-state index is 0.524. The third-order valence-electron chi connectivity index (χ3n) is 2.95. The largest absolute Gasteiger partial charge is 0.426 e. The minimum Gasteiger partial charge on any atom is -0.426 e. The van der Waals surface area contributed by atoms with E-state index in [-0.39, 0.29) is 0 Å². The van der Waals surface area contributed by atoms with Gasteiger partial charge in [-0.2, -0.15) is 4.73 Å². The third-order valence-corrected chi connectivity index (χ3v) is 2.95. The van der Waals surface area contributed by atoms with Crippen LogP contribution in [0, 0.1) is 6.92 Å². The number of benzene rings is 2. The Labute approximate surface area is 104 Å². The topological polar surface area (TPSA) is 64.1 Å². The summed E-state index contributed by atoms with van der Waals surface area (Å²) in [6.07, 6.45) is 0. The fourth-order valence-electron chi connectivity index (χ4n) is 1.99. The lowest BCUT2D eigenvalue weighted by molar-refractivity contribution is 0.203. The van der Waals surface area contributed by atoms with Crippen LogP contribution in [0.15, 0.2) is 42.5 Å². The molecular weight excluding hydrogens is 226 g/mol. The fourth-order valence-corrected chi connectivity index (χ4v) is 1.99. The van der Waals surface area contributed by atoms with Gasteiger partial charge in [-0.15, -0.1) is 0 Å². The number of nitrogen functional groups attached to an aromatic ring is 1. The molecule has 1 aromatic heterocycles. The van der Waals surface area contributed by atoms with Crippen molar-refractivity contribution in [3.63, 3.8) is 0 Å². The van der Waals surface area contributed by atoms with Gasteiger partial charge in [0.1, 0.15) is 5.52 Å². The SMILES string of the molecule is Cc1ccc2nc(-c3ccc(N)cc3)n(O)c2c1. The lowest BCUT2D eigenvalue weighted by Crippen LogP contribution is -1.94. The average Bonchev–Trinajstić information content (AvgIpc) is 2.68. The zero-order valence-electron chi connectivity index (χ0n) is 9.96. The number of aryl methyl sites for hydroxylation is 1. The van der Waals surface area contributed by atoms with E-state index in [0.29, 0.717) is 17.0 Å². The van der Waals surface area contributed by atoms with Gasteiger partial charge in [0.15, 0.2) is 5.82 Å². The second-order valence-corrected chi connectivity index (χ2v) is 4.36. The van der Waals surface area contributed by atoms with Crippen LogP contribution in [-0.2, 0) is 0 Å². The first-order valence-electron chi connectivity index (χ1n) is 5.69. The van der Waals surface area contributed by atoms with E-state index in [4.69, 9.17) is 5.73 Å². The first-order valence-corrected chi connectivity index (χ1v) is 5.69. The number of anilines is 1. The Morgan fingerprint density at radius 2 is 1.83 bits per heavy atom. The van der Waals surface area contributed by atoms with Crippen molar-refractivity contribution in [1.29, 1.82) is 0 Å². The second kappa shape index (κ2) is 3.77. The van der Waals surface area contributed by atoms with E-state index < -0.39 is 0 Å². The zero-order chi connectivity index (χ0) is 12.7. The second-order valence-electron chi connectivity index (χ2n) is 4.36. The predicted octanol–water partition coefficient (Wildman–Crippen LogP) is 2.83. The maximum absolute atomic E-state index is 10.2. The van der Waals surface area contributed by atoms with E-state index >= 15 is 0 Å². The minimum absolute atomic E-state index is 0.524. The summed E-state index contributed by atoms with van der Waals surface area (Å²) in [7, 11) is 0. The average molecular weight is 239 g/mol. The summed E-state index contributed by atoms with van der Waals surface area (Å²) in [4.78, 5) is 4.43. The molecule has 1 heterocycles. The monoisotopic (exact) mass is 239 g/mol. The molecule has 0 saturated carbocycles. The lowest BCUT2D eigenvalue weighted by atomic mass is 10.2. The lowest BCUT2D eigenvalue weighted by Gasteiger charge is -2.01. The highest BCUT2D eigenvalue weighted by atomic mass is 16.5. The summed E-state index contributed by atoms with van der Waals surface area (Å²) in [5.41, 5.74) is 9.74. The van der Waals surface area contributed by atoms with E-state index in [0.717, 1.165) is 21.4 Å². The van der Waals surface area contributed by atoms with Crippen LogP contribution in [-0.4, -0.2) is 14.9 Å². The molecule has 0 fully saturated rings. The molecule has 18 heavy (non-hydrogen) atoms. The number of nitrogens with zero attached hydrogens (tertiary/aromatic N) is 2. The molecule has 0 aliphatic heterocycles. The quantitative estimate of drug-likeness (QED) is 0.507. The molecule has 3 aromatic rings. The molecular formula is C14H13N3O. The van der Waals surface area contributed by atoms with Crippen LogP contribution in [0.2, 0.25) is 0 Å². The van der Waals surface area contributed by atoms with Crippen molar-refractivity contribution >= 4 is 16.7 Å². The highest BCUT2D eigenvalue weighted by Crippen LogP contribution is 2.24. The van der Waals surface area contributed by atoms with Crippen LogP contribution >= 0.6 is 0 Å². The predicted molar refractivity (Wildman–Crippen MR) is 71.5 cm³/mol. The summed E-state index contributed by atoms with van der Waals surface area (Å²) in [5, 5.41) is 10.2. The van der Waals surface area contributed by atoms with Gasteiger partial charge < -0.3 is 10.9 Å². The Morgan fingerprint density at radius 3 is 2.56 bits per heavy atom. The number of rotatable bonds is 1. The van der Waals surface area contributed by atoms with Crippen LogP contribution in [0.5, 0.6) is 0 Å². The molecule has 0 aliphatic carbocycles. The number of fused-ring (bicyclic) bond motifs is 1. The van der Waals surface area contributed by atoms with E-state index in [1.807, 2.05) is 37.3 Å². The molecule has 0 radical (unpaired) electrons. The van der Waals surface area contributed by atoms with Crippen LogP contribution in [0.4, 0.5) is 5.69 Å². The number of nitrogens with two attached hydrogens (primary N) is 1. The molecule has 4 heteroatoms. The highest BCUT2D eigenvalue weighted by Gasteiger charge is 2.11. The Kier molecular flexibility index (Phi) is 2.23. The zero-order valence-corrected chi connectivity index (χ0v) is 9.96. The van der Waals surface area contributed by atoms with Crippen molar-refractivity contribution in [2.24, 2.45) is 0 Å². The van der Waals surface area contributed by atoms with Crippen LogP contribution in [0.1, 0.15) is 5.56 Å². The summed E-state index contributed by atoms with van der Waals surface area (Å²) >= 11 is 0. The van der Waals surface area contributed by atoms with E-state index in [2.05, 4.69) is 4.98 Å². The van der Waals surface area contributed by atoms with Crippen molar-refractivity contribution in [3.05, 3.63) is 48.0 Å². The van der Waals surface area contributed by atoms with Crippen LogP contribution in [0.3, 0.4) is 0 Å². The standard InChI is InChI=1S/C14H13N3O/c1-9-2-7-12-13(8-9)17(18)14(16-12)10-3-5-11(15)6-4-10/h2-8,18H,15H2,1H3. The summed E-state index contributed by atoms with van der Waals surface area (Å²) in [6.45, 7) is 1.98. The fraction of sp³-hybridized carbons (Fsp3) is 0.0714. The molecule has 0 unspecified atom stereocenters. The molecule has 0 amide bonds. The van der Waals surface area contributed by atoms with E-state index in [1.165, 1.54) is 0 Å². The highest BCUT2D eigenvalue weighted by molar-refractivity contribution is 5.80. The molecule has 4 nitrogen and oxygen atoms in total. The van der Waals surface area contributed by atoms with Gasteiger partial charge in [-0.05, 0) is 48.9 Å². The molecule has 3 rings (SSSR count). The summed E-state index contributed by atoms with van der Waals surface area (Å²) in [5.74, 6) is 0.524. The van der Waals surface area contributed by atoms with Gasteiger partial charge in [-0.3, -0.25) is 0 Å². The van der Waals surface area contributed by atoms with Gasteiger partial charge in [-0.25, -0.2) is 4.98 Å². The normalized spacial score (nSPS) is 10.9. The first kappa shape index (κ1) is 10.7. The van der Waals surface area contributed by atoms with Gasteiger partial charge in [0.2, 0.25) is 0 Å². The molecule has 0 spiro atoms. The van der Waals surface area contributed by atoms with Crippen molar-refractivity contribution in [2.45, 2.75) is 6.92 Å². The van der Waals surface area contributed by atoms with Crippen LogP contribution in [0.25, 0.3) is 22.4 Å². The molecule has 0 saturated heterocycles.